The Hall–Kier alpha value is -6.42. The Bertz CT molecular complexity index is 1860. The summed E-state index contributed by atoms with van der Waals surface area (Å²) in [6.07, 6.45) is 0. The molecule has 0 heterocycles. The van der Waals surface area contributed by atoms with Crippen molar-refractivity contribution in [3.63, 3.8) is 0 Å². The first kappa shape index (κ1) is 33.0. The number of rotatable bonds is 14. The van der Waals surface area contributed by atoms with E-state index in [0.717, 1.165) is 36.4 Å². The molecule has 0 fully saturated rings. The van der Waals surface area contributed by atoms with Crippen LogP contribution in [-0.2, 0) is 0 Å². The topological polar surface area (TPSA) is 219 Å². The normalized spacial score (nSPS) is 10.5. The number of nitro benzene ring substituents is 4. The molecule has 0 aliphatic carbocycles. The van der Waals surface area contributed by atoms with Crippen molar-refractivity contribution >= 4 is 45.8 Å². The van der Waals surface area contributed by atoms with E-state index in [9.17, 15) is 40.5 Å². The van der Waals surface area contributed by atoms with Gasteiger partial charge in [-0.1, -0.05) is 0 Å². The van der Waals surface area contributed by atoms with E-state index >= 15 is 0 Å². The number of benzene rings is 5. The van der Waals surface area contributed by atoms with E-state index in [1.807, 2.05) is 0 Å². The number of para-hydroxylation sites is 1. The third-order valence-corrected chi connectivity index (χ3v) is 10.3. The average Bonchev–Trinajstić information content (AvgIpc) is 3.07. The van der Waals surface area contributed by atoms with Crippen LogP contribution < -0.4 is 17.9 Å². The van der Waals surface area contributed by atoms with Crippen molar-refractivity contribution in [2.75, 3.05) is 0 Å². The van der Waals surface area contributed by atoms with Crippen LogP contribution in [0.2, 0.25) is 0 Å². The standard InChI is InChI=1S/2C12H8N2O6.C6H6O.Bi/c2*15-9-2-4-10(5-3-9)20-12-6-1-8(13(16)17)7-11(12)14(18)19;7-6-4-2-1-3-5-6;/h2*1-7,15H;1-5,7H;/q;;;+3/p-3. The summed E-state index contributed by atoms with van der Waals surface area (Å²) in [7, 11) is 0. The average molecular weight is 852 g/mol. The minimum absolute atomic E-state index is 0.192. The minimum atomic E-state index is -3.83. The summed E-state index contributed by atoms with van der Waals surface area (Å²) in [6.45, 7) is 0. The van der Waals surface area contributed by atoms with Crippen molar-refractivity contribution in [2.24, 2.45) is 0 Å². The Morgan fingerprint density at radius 2 is 0.771 bits per heavy atom. The van der Waals surface area contributed by atoms with Gasteiger partial charge in [0.05, 0.1) is 0 Å². The van der Waals surface area contributed by atoms with E-state index in [1.54, 1.807) is 30.3 Å². The van der Waals surface area contributed by atoms with Crippen molar-refractivity contribution in [2.45, 2.75) is 0 Å². The number of hydrogen-bond acceptors (Lipinski definition) is 13. The summed E-state index contributed by atoms with van der Waals surface area (Å²) in [6, 6.07) is 26.9. The molecule has 5 aromatic rings. The van der Waals surface area contributed by atoms with E-state index in [1.165, 1.54) is 48.5 Å². The molecule has 0 radical (unpaired) electrons. The molecule has 0 aliphatic rings. The third kappa shape index (κ3) is 8.43. The van der Waals surface area contributed by atoms with Crippen molar-refractivity contribution in [3.05, 3.63) is 156 Å². The fourth-order valence-corrected chi connectivity index (χ4v) is 7.74. The van der Waals surface area contributed by atoms with Gasteiger partial charge in [0.1, 0.15) is 0 Å². The first-order valence-corrected chi connectivity index (χ1v) is 17.6. The Morgan fingerprint density at radius 3 is 1.12 bits per heavy atom. The van der Waals surface area contributed by atoms with Gasteiger partial charge in [-0.05, 0) is 0 Å². The number of ether oxygens (including phenoxy) is 2. The molecule has 0 amide bonds. The zero-order chi connectivity index (χ0) is 34.2. The molecule has 5 rings (SSSR count). The first-order chi connectivity index (χ1) is 23.0. The molecule has 0 spiro atoms. The molecule has 0 unspecified atom stereocenters. The van der Waals surface area contributed by atoms with Gasteiger partial charge in [-0.3, -0.25) is 0 Å². The molecule has 0 atom stereocenters. The van der Waals surface area contributed by atoms with Crippen molar-refractivity contribution in [1.82, 2.24) is 0 Å². The molecule has 0 saturated heterocycles. The Morgan fingerprint density at radius 1 is 0.417 bits per heavy atom. The van der Waals surface area contributed by atoms with E-state index in [2.05, 4.69) is 0 Å². The fraction of sp³-hybridized carbons (Fsp3) is 0. The summed E-state index contributed by atoms with van der Waals surface area (Å²) < 4.78 is 29.4. The van der Waals surface area contributed by atoms with Crippen LogP contribution in [0.3, 0.4) is 0 Å². The number of non-ortho nitro benzene ring substituents is 2. The van der Waals surface area contributed by atoms with Gasteiger partial charge < -0.3 is 0 Å². The van der Waals surface area contributed by atoms with E-state index in [-0.39, 0.29) is 23.0 Å². The van der Waals surface area contributed by atoms with Crippen LogP contribution in [0.1, 0.15) is 0 Å². The maximum absolute atomic E-state index is 11.4. The second-order valence-electron chi connectivity index (χ2n) is 9.29. The second-order valence-corrected chi connectivity index (χ2v) is 13.2. The van der Waals surface area contributed by atoms with Gasteiger partial charge in [-0.25, -0.2) is 0 Å². The predicted molar refractivity (Wildman–Crippen MR) is 167 cm³/mol. The van der Waals surface area contributed by atoms with Crippen LogP contribution >= 0.6 is 0 Å². The third-order valence-electron chi connectivity index (χ3n) is 6.09. The quantitative estimate of drug-likeness (QED) is 0.0604. The van der Waals surface area contributed by atoms with Gasteiger partial charge in [0, 0.05) is 0 Å². The second kappa shape index (κ2) is 14.8. The molecule has 0 saturated carbocycles. The predicted octanol–water partition coefficient (Wildman–Crippen LogP) is 7.43. The van der Waals surface area contributed by atoms with Gasteiger partial charge >= 0.3 is 279 Å². The van der Waals surface area contributed by atoms with Crippen LogP contribution in [0, 0.1) is 40.5 Å². The van der Waals surface area contributed by atoms with Crippen LogP contribution in [0.25, 0.3) is 0 Å². The van der Waals surface area contributed by atoms with Crippen molar-refractivity contribution in [1.29, 1.82) is 0 Å². The van der Waals surface area contributed by atoms with Gasteiger partial charge in [-0.15, -0.1) is 0 Å². The van der Waals surface area contributed by atoms with Crippen LogP contribution in [0.5, 0.6) is 40.2 Å². The van der Waals surface area contributed by atoms with E-state index in [4.69, 9.17) is 17.9 Å². The zero-order valence-corrected chi connectivity index (χ0v) is 27.5. The molecule has 17 nitrogen and oxygen atoms in total. The van der Waals surface area contributed by atoms with E-state index in [0.29, 0.717) is 17.2 Å². The molecule has 5 aromatic carbocycles. The summed E-state index contributed by atoms with van der Waals surface area (Å²) in [5.74, 6) is 1.16. The monoisotopic (exact) mass is 852 g/mol. The van der Waals surface area contributed by atoms with Crippen LogP contribution in [-0.4, -0.2) is 42.8 Å². The summed E-state index contributed by atoms with van der Waals surface area (Å²) in [4.78, 5) is 41.8. The van der Waals surface area contributed by atoms with Gasteiger partial charge in [0.15, 0.2) is 0 Å². The SMILES string of the molecule is O=[N+]([O-])c1ccc(Oc2ccc([O][Bi]([O]c3ccccc3)[O]c3ccc(Oc4ccc([N+](=O)[O-])cc4[N+](=O)[O-])cc3)cc2)c([N+](=O)[O-])c1. The molecular weight excluding hydrogens is 833 g/mol. The molecule has 242 valence electrons. The molecule has 18 heteroatoms. The van der Waals surface area contributed by atoms with Gasteiger partial charge in [-0.2, -0.15) is 0 Å². The first-order valence-electron chi connectivity index (χ1n) is 13.4. The molecule has 0 bridgehead atoms. The van der Waals surface area contributed by atoms with E-state index < -0.39 is 65.5 Å². The Kier molecular flexibility index (Phi) is 10.2. The molecular formula is C30H19BiN4O13. The summed E-state index contributed by atoms with van der Waals surface area (Å²) in [5.41, 5.74) is -2.06. The number of hydrogen-bond donors (Lipinski definition) is 0. The molecule has 0 N–H and O–H groups in total. The van der Waals surface area contributed by atoms with Crippen LogP contribution in [0.4, 0.5) is 22.7 Å². The van der Waals surface area contributed by atoms with Gasteiger partial charge in [0.25, 0.3) is 0 Å². The Labute approximate surface area is 278 Å². The Balaban J connectivity index is 1.30. The molecule has 48 heavy (non-hydrogen) atoms. The number of nitro groups is 4. The molecule has 0 aromatic heterocycles. The van der Waals surface area contributed by atoms with Crippen molar-refractivity contribution in [3.8, 4) is 40.2 Å². The number of nitrogens with zero attached hydrogens (tertiary/aromatic N) is 4. The van der Waals surface area contributed by atoms with Gasteiger partial charge in [0.2, 0.25) is 0 Å². The molecule has 0 aliphatic heterocycles. The van der Waals surface area contributed by atoms with Crippen molar-refractivity contribution < 1.29 is 37.6 Å². The van der Waals surface area contributed by atoms with Crippen LogP contribution in [0.15, 0.2) is 115 Å². The summed E-state index contributed by atoms with van der Waals surface area (Å²) in [5, 5.41) is 44.9. The zero-order valence-electron chi connectivity index (χ0n) is 24.0. The maximum atomic E-state index is 11.4. The summed E-state index contributed by atoms with van der Waals surface area (Å²) >= 11 is -3.83. The fourth-order valence-electron chi connectivity index (χ4n) is 3.88.